The second-order valence-electron chi connectivity index (χ2n) is 6.48. The number of hydrogen-bond donors (Lipinski definition) is 0. The summed E-state index contributed by atoms with van der Waals surface area (Å²) in [6.45, 7) is 10.6. The first-order valence-electron chi connectivity index (χ1n) is 8.17. The Balaban J connectivity index is 1.94. The average molecular weight is 316 g/mol. The molecule has 0 bridgehead atoms. The van der Waals surface area contributed by atoms with Crippen molar-refractivity contribution in [3.05, 3.63) is 34.4 Å². The Morgan fingerprint density at radius 1 is 1.17 bits per heavy atom. The summed E-state index contributed by atoms with van der Waals surface area (Å²) in [5, 5.41) is 4.27. The van der Waals surface area contributed by atoms with Crippen molar-refractivity contribution >= 4 is 11.6 Å². The number of rotatable bonds is 2. The summed E-state index contributed by atoms with van der Waals surface area (Å²) in [5.41, 5.74) is 5.31. The van der Waals surface area contributed by atoms with Crippen LogP contribution in [0.3, 0.4) is 0 Å². The van der Waals surface area contributed by atoms with Gasteiger partial charge in [0, 0.05) is 18.7 Å². The smallest absolute Gasteiger partial charge is 0.235 e. The van der Waals surface area contributed by atoms with Gasteiger partial charge in [-0.05, 0) is 38.8 Å². The molecule has 1 saturated heterocycles. The van der Waals surface area contributed by atoms with Crippen LogP contribution in [0.5, 0.6) is 0 Å². The van der Waals surface area contributed by atoms with E-state index >= 15 is 0 Å². The van der Waals surface area contributed by atoms with Gasteiger partial charge in [-0.3, -0.25) is 4.79 Å². The first-order valence-corrected chi connectivity index (χ1v) is 8.17. The Morgan fingerprint density at radius 3 is 2.39 bits per heavy atom. The first-order chi connectivity index (χ1) is 11.0. The third-order valence-corrected chi connectivity index (χ3v) is 4.60. The summed E-state index contributed by atoms with van der Waals surface area (Å²) in [5.74, 6) is -0.246. The first kappa shape index (κ1) is 16.0. The van der Waals surface area contributed by atoms with Crippen LogP contribution in [-0.2, 0) is 14.4 Å². The number of carbonyl (C=O) groups excluding carboxylic acids is 1. The SMILES string of the molecule is Cc1cc(C)c(C2=NO[C@@H](C)[C@@H]2C(=O)N2CCOCC2)c(C)c1. The summed E-state index contributed by atoms with van der Waals surface area (Å²) in [6.07, 6.45) is -0.236. The summed E-state index contributed by atoms with van der Waals surface area (Å²) >= 11 is 0. The minimum atomic E-state index is -0.340. The van der Waals surface area contributed by atoms with Crippen LogP contribution in [0.1, 0.15) is 29.2 Å². The van der Waals surface area contributed by atoms with Gasteiger partial charge in [0.05, 0.1) is 13.2 Å². The quantitative estimate of drug-likeness (QED) is 0.840. The minimum absolute atomic E-state index is 0.0939. The molecule has 1 amide bonds. The van der Waals surface area contributed by atoms with Crippen molar-refractivity contribution < 1.29 is 14.4 Å². The molecule has 0 aliphatic carbocycles. The van der Waals surface area contributed by atoms with E-state index < -0.39 is 0 Å². The van der Waals surface area contributed by atoms with Crippen LogP contribution in [0.15, 0.2) is 17.3 Å². The summed E-state index contributed by atoms with van der Waals surface area (Å²) in [4.78, 5) is 20.4. The highest BCUT2D eigenvalue weighted by molar-refractivity contribution is 6.15. The van der Waals surface area contributed by atoms with Crippen LogP contribution in [0.25, 0.3) is 0 Å². The maximum atomic E-state index is 13.0. The lowest BCUT2D eigenvalue weighted by Crippen LogP contribution is -2.47. The maximum absolute atomic E-state index is 13.0. The molecule has 124 valence electrons. The van der Waals surface area contributed by atoms with Gasteiger partial charge in [0.15, 0.2) is 0 Å². The van der Waals surface area contributed by atoms with E-state index in [-0.39, 0.29) is 17.9 Å². The van der Waals surface area contributed by atoms with Gasteiger partial charge in [-0.15, -0.1) is 0 Å². The molecule has 1 aromatic rings. The molecule has 1 aromatic carbocycles. The zero-order valence-electron chi connectivity index (χ0n) is 14.3. The van der Waals surface area contributed by atoms with Crippen molar-refractivity contribution in [1.82, 2.24) is 4.90 Å². The van der Waals surface area contributed by atoms with E-state index in [1.165, 1.54) is 5.56 Å². The fourth-order valence-electron chi connectivity index (χ4n) is 3.56. The molecule has 0 unspecified atom stereocenters. The van der Waals surface area contributed by atoms with Crippen LogP contribution in [0.4, 0.5) is 0 Å². The number of aryl methyl sites for hydroxylation is 3. The molecule has 5 heteroatoms. The molecule has 0 radical (unpaired) electrons. The molecule has 0 aromatic heterocycles. The molecule has 2 aliphatic rings. The molecule has 0 spiro atoms. The highest BCUT2D eigenvalue weighted by Crippen LogP contribution is 2.29. The van der Waals surface area contributed by atoms with E-state index in [1.807, 2.05) is 11.8 Å². The highest BCUT2D eigenvalue weighted by Gasteiger charge is 2.41. The molecule has 23 heavy (non-hydrogen) atoms. The topological polar surface area (TPSA) is 51.1 Å². The van der Waals surface area contributed by atoms with E-state index in [9.17, 15) is 4.79 Å². The van der Waals surface area contributed by atoms with E-state index in [0.29, 0.717) is 26.3 Å². The molecule has 2 heterocycles. The monoisotopic (exact) mass is 316 g/mol. The highest BCUT2D eigenvalue weighted by atomic mass is 16.6. The van der Waals surface area contributed by atoms with Gasteiger partial charge in [0.25, 0.3) is 0 Å². The second-order valence-corrected chi connectivity index (χ2v) is 6.48. The van der Waals surface area contributed by atoms with Crippen molar-refractivity contribution in [1.29, 1.82) is 0 Å². The second kappa shape index (κ2) is 6.32. The minimum Gasteiger partial charge on any atom is -0.391 e. The van der Waals surface area contributed by atoms with Gasteiger partial charge in [0.2, 0.25) is 5.91 Å². The number of amides is 1. The largest absolute Gasteiger partial charge is 0.391 e. The molecule has 5 nitrogen and oxygen atoms in total. The Kier molecular flexibility index (Phi) is 4.39. The Labute approximate surface area is 137 Å². The summed E-state index contributed by atoms with van der Waals surface area (Å²) in [6, 6.07) is 4.26. The van der Waals surface area contributed by atoms with Gasteiger partial charge in [-0.25, -0.2) is 0 Å². The van der Waals surface area contributed by atoms with Crippen LogP contribution >= 0.6 is 0 Å². The van der Waals surface area contributed by atoms with Crippen LogP contribution < -0.4 is 0 Å². The van der Waals surface area contributed by atoms with Crippen LogP contribution in [0, 0.1) is 26.7 Å². The van der Waals surface area contributed by atoms with Gasteiger partial charge in [0.1, 0.15) is 17.7 Å². The molecular formula is C18H24N2O3. The number of oxime groups is 1. The van der Waals surface area contributed by atoms with Gasteiger partial charge in [-0.1, -0.05) is 22.9 Å². The predicted octanol–water partition coefficient (Wildman–Crippen LogP) is 2.21. The number of carbonyl (C=O) groups is 1. The normalized spacial score (nSPS) is 24.3. The van der Waals surface area contributed by atoms with Gasteiger partial charge >= 0.3 is 0 Å². The number of morpholine rings is 1. The summed E-state index contributed by atoms with van der Waals surface area (Å²) in [7, 11) is 0. The predicted molar refractivity (Wildman–Crippen MR) is 88.6 cm³/mol. The fraction of sp³-hybridized carbons (Fsp3) is 0.556. The Bertz CT molecular complexity index is 625. The van der Waals surface area contributed by atoms with Crippen LogP contribution in [-0.4, -0.2) is 48.9 Å². The summed E-state index contributed by atoms with van der Waals surface area (Å²) < 4.78 is 5.35. The van der Waals surface area contributed by atoms with Crippen molar-refractivity contribution in [3.8, 4) is 0 Å². The zero-order valence-corrected chi connectivity index (χ0v) is 14.3. The van der Waals surface area contributed by atoms with E-state index in [2.05, 4.69) is 38.1 Å². The van der Waals surface area contributed by atoms with Crippen molar-refractivity contribution in [2.75, 3.05) is 26.3 Å². The lowest BCUT2D eigenvalue weighted by molar-refractivity contribution is -0.139. The Morgan fingerprint density at radius 2 is 1.78 bits per heavy atom. The van der Waals surface area contributed by atoms with Gasteiger partial charge in [-0.2, -0.15) is 0 Å². The van der Waals surface area contributed by atoms with E-state index in [4.69, 9.17) is 9.57 Å². The Hall–Kier alpha value is -1.88. The number of ether oxygens (including phenoxy) is 1. The van der Waals surface area contributed by atoms with E-state index in [1.54, 1.807) is 0 Å². The van der Waals surface area contributed by atoms with E-state index in [0.717, 1.165) is 22.4 Å². The lowest BCUT2D eigenvalue weighted by Gasteiger charge is -2.30. The molecule has 2 aliphatic heterocycles. The van der Waals surface area contributed by atoms with Crippen molar-refractivity contribution in [2.45, 2.75) is 33.8 Å². The van der Waals surface area contributed by atoms with Crippen LogP contribution in [0.2, 0.25) is 0 Å². The average Bonchev–Trinajstić information content (AvgIpc) is 2.88. The van der Waals surface area contributed by atoms with Gasteiger partial charge < -0.3 is 14.5 Å². The number of benzene rings is 1. The molecule has 3 rings (SSSR count). The standard InChI is InChI=1S/C18H24N2O3/c1-11-9-12(2)15(13(3)10-11)17-16(14(4)23-19-17)18(21)20-5-7-22-8-6-20/h9-10,14,16H,5-8H2,1-4H3/t14-,16-/m0/s1. The zero-order chi connectivity index (χ0) is 16.6. The molecular weight excluding hydrogens is 292 g/mol. The number of hydrogen-bond acceptors (Lipinski definition) is 4. The fourth-order valence-corrected chi connectivity index (χ4v) is 3.56. The molecule has 2 atom stereocenters. The molecule has 0 saturated carbocycles. The van der Waals surface area contributed by atoms with Crippen molar-refractivity contribution in [2.24, 2.45) is 11.1 Å². The maximum Gasteiger partial charge on any atom is 0.235 e. The molecule has 1 fully saturated rings. The lowest BCUT2D eigenvalue weighted by atomic mass is 9.86. The molecule has 0 N–H and O–H groups in total. The van der Waals surface area contributed by atoms with Crippen molar-refractivity contribution in [3.63, 3.8) is 0 Å². The third kappa shape index (κ3) is 2.98. The third-order valence-electron chi connectivity index (χ3n) is 4.60. The number of nitrogens with zero attached hydrogens (tertiary/aromatic N) is 2.